The van der Waals surface area contributed by atoms with Crippen LogP contribution < -0.4 is 9.64 Å². The van der Waals surface area contributed by atoms with Crippen LogP contribution in [0.1, 0.15) is 69.5 Å². The molecule has 0 unspecified atom stereocenters. The highest BCUT2D eigenvalue weighted by Gasteiger charge is 2.56. The Morgan fingerprint density at radius 1 is 0.324 bits per heavy atom. The minimum absolute atomic E-state index is 0.195. The summed E-state index contributed by atoms with van der Waals surface area (Å²) in [5.41, 5.74) is 20.4. The van der Waals surface area contributed by atoms with Gasteiger partial charge >= 0.3 is 0 Å². The Hall–Kier alpha value is -9.18. The van der Waals surface area contributed by atoms with Gasteiger partial charge in [-0.3, -0.25) is 0 Å². The van der Waals surface area contributed by atoms with Crippen molar-refractivity contribution in [3.05, 3.63) is 316 Å². The maximum atomic E-state index is 7.12. The molecule has 0 fully saturated rings. The molecule has 2 aliphatic carbocycles. The van der Waals surface area contributed by atoms with Gasteiger partial charge in [-0.2, -0.15) is 0 Å². The van der Waals surface area contributed by atoms with E-state index >= 15 is 0 Å². The molecule has 3 nitrogen and oxygen atoms in total. The highest BCUT2D eigenvalue weighted by atomic mass is 16.5. The highest BCUT2D eigenvalue weighted by molar-refractivity contribution is 6.09. The molecule has 12 aromatic rings. The van der Waals surface area contributed by atoms with Gasteiger partial charge in [-0.1, -0.05) is 220 Å². The Bertz CT molecular complexity index is 4110. The fourth-order valence-electron chi connectivity index (χ4n) is 13.5. The van der Waals surface area contributed by atoms with Crippen LogP contribution in [0.5, 0.6) is 11.5 Å². The number of fused-ring (bicyclic) bond motifs is 14. The Morgan fingerprint density at radius 3 is 1.50 bits per heavy atom. The Morgan fingerprint density at radius 2 is 0.811 bits per heavy atom. The molecule has 15 rings (SSSR count). The predicted molar refractivity (Wildman–Crippen MR) is 302 cm³/mol. The van der Waals surface area contributed by atoms with Crippen molar-refractivity contribution >= 4 is 39.0 Å². The summed E-state index contributed by atoms with van der Waals surface area (Å²) in [7, 11) is 0. The van der Waals surface area contributed by atoms with Crippen molar-refractivity contribution in [1.29, 1.82) is 0 Å². The van der Waals surface area contributed by atoms with Gasteiger partial charge in [0, 0.05) is 49.9 Å². The average Bonchev–Trinajstić information content (AvgIpc) is 4.07. The second kappa shape index (κ2) is 15.9. The SMILES string of the molecule is CC1(C)c2ccccc2-c2ccc(N(c3ccc(-c4cccc5c4oc4ccccc45)cc3)c3ccc4c(c3)C3(c5ccccc5O4)c4ccccc4C(c4ccccc4)(c4ccccc4)c4ccccc43)cc21. The zero-order valence-electron chi connectivity index (χ0n) is 41.1. The molecular formula is C71H49NO2. The molecule has 0 amide bonds. The van der Waals surface area contributed by atoms with Crippen LogP contribution in [0.3, 0.4) is 0 Å². The summed E-state index contributed by atoms with van der Waals surface area (Å²) in [5, 5.41) is 2.24. The number of hydrogen-bond donors (Lipinski definition) is 0. The minimum atomic E-state index is -0.775. The summed E-state index contributed by atoms with van der Waals surface area (Å²) in [6.45, 7) is 4.72. The standard InChI is InChI=1S/C71H49NO2/c1-69(2)57-28-11-9-24-53(57)54-42-40-50(44-63(54)69)72(49-38-36-46(37-39-49)52-26-19-27-56-55-25-10-17-34-65(55)74-68(52)56)51-41-43-67-64(45-51)71(62-33-16-18-35-66(62)73-67)60-31-14-12-29-58(60)70(47-20-5-3-6-21-47,48-22-7-4-8-23-48)59-30-13-15-32-61(59)71/h3-45H,1-2H3. The van der Waals surface area contributed by atoms with E-state index < -0.39 is 10.8 Å². The summed E-state index contributed by atoms with van der Waals surface area (Å²) in [4.78, 5) is 2.44. The summed E-state index contributed by atoms with van der Waals surface area (Å²) in [6.07, 6.45) is 0. The van der Waals surface area contributed by atoms with E-state index in [1.807, 2.05) is 6.07 Å². The van der Waals surface area contributed by atoms with Crippen LogP contribution in [0.15, 0.2) is 265 Å². The fourth-order valence-corrected chi connectivity index (χ4v) is 13.5. The van der Waals surface area contributed by atoms with Gasteiger partial charge in [0.05, 0.1) is 10.8 Å². The molecule has 74 heavy (non-hydrogen) atoms. The van der Waals surface area contributed by atoms with E-state index in [0.717, 1.165) is 72.8 Å². The van der Waals surface area contributed by atoms with Gasteiger partial charge in [-0.05, 0) is 116 Å². The number of para-hydroxylation sites is 3. The zero-order valence-corrected chi connectivity index (χ0v) is 41.1. The van der Waals surface area contributed by atoms with E-state index in [1.54, 1.807) is 0 Å². The molecule has 0 bridgehead atoms. The molecule has 3 aliphatic rings. The van der Waals surface area contributed by atoms with Crippen molar-refractivity contribution in [2.75, 3.05) is 4.90 Å². The molecule has 1 aromatic heterocycles. The van der Waals surface area contributed by atoms with E-state index in [9.17, 15) is 0 Å². The quantitative estimate of drug-likeness (QED) is 0.166. The molecule has 0 radical (unpaired) electrons. The van der Waals surface area contributed by atoms with Crippen LogP contribution in [0.2, 0.25) is 0 Å². The maximum Gasteiger partial charge on any atom is 0.143 e. The van der Waals surface area contributed by atoms with Gasteiger partial charge < -0.3 is 14.1 Å². The van der Waals surface area contributed by atoms with Crippen molar-refractivity contribution in [3.63, 3.8) is 0 Å². The number of nitrogens with zero attached hydrogens (tertiary/aromatic N) is 1. The van der Waals surface area contributed by atoms with Gasteiger partial charge in [-0.25, -0.2) is 0 Å². The lowest BCUT2D eigenvalue weighted by molar-refractivity contribution is 0.428. The molecule has 11 aromatic carbocycles. The van der Waals surface area contributed by atoms with Crippen LogP contribution in [-0.2, 0) is 16.2 Å². The van der Waals surface area contributed by atoms with Crippen molar-refractivity contribution < 1.29 is 9.15 Å². The summed E-state index contributed by atoms with van der Waals surface area (Å²) >= 11 is 0. The summed E-state index contributed by atoms with van der Waals surface area (Å²) in [6, 6.07) is 95.9. The zero-order chi connectivity index (χ0) is 49.2. The van der Waals surface area contributed by atoms with Crippen molar-refractivity contribution in [2.24, 2.45) is 0 Å². The average molecular weight is 948 g/mol. The maximum absolute atomic E-state index is 7.12. The van der Waals surface area contributed by atoms with Crippen LogP contribution in [0.25, 0.3) is 44.2 Å². The van der Waals surface area contributed by atoms with Gasteiger partial charge in [0.1, 0.15) is 22.7 Å². The minimum Gasteiger partial charge on any atom is -0.457 e. The fraction of sp³-hybridized carbons (Fsp3) is 0.0704. The van der Waals surface area contributed by atoms with E-state index in [-0.39, 0.29) is 5.41 Å². The molecule has 0 atom stereocenters. The van der Waals surface area contributed by atoms with E-state index in [1.165, 1.54) is 55.6 Å². The van der Waals surface area contributed by atoms with Gasteiger partial charge in [0.25, 0.3) is 0 Å². The molecule has 3 heteroatoms. The van der Waals surface area contributed by atoms with Crippen molar-refractivity contribution in [1.82, 2.24) is 0 Å². The first-order chi connectivity index (χ1) is 36.5. The number of ether oxygens (including phenoxy) is 1. The second-order valence-corrected chi connectivity index (χ2v) is 20.7. The third-order valence-corrected chi connectivity index (χ3v) is 16.7. The number of rotatable bonds is 6. The van der Waals surface area contributed by atoms with Crippen molar-refractivity contribution in [2.45, 2.75) is 30.1 Å². The molecule has 0 saturated heterocycles. The van der Waals surface area contributed by atoms with Gasteiger partial charge in [0.15, 0.2) is 0 Å². The van der Waals surface area contributed by atoms with Crippen LogP contribution in [0, 0.1) is 0 Å². The highest BCUT2D eigenvalue weighted by Crippen LogP contribution is 2.64. The van der Waals surface area contributed by atoms with Crippen molar-refractivity contribution in [3.8, 4) is 33.8 Å². The summed E-state index contributed by atoms with van der Waals surface area (Å²) < 4.78 is 13.7. The van der Waals surface area contributed by atoms with E-state index in [0.29, 0.717) is 0 Å². The van der Waals surface area contributed by atoms with Gasteiger partial charge in [0.2, 0.25) is 0 Å². The molecule has 1 aliphatic heterocycles. The topological polar surface area (TPSA) is 25.6 Å². The predicted octanol–water partition coefficient (Wildman–Crippen LogP) is 18.2. The first-order valence-electron chi connectivity index (χ1n) is 25.7. The Kier molecular flexibility index (Phi) is 9.14. The lowest BCUT2D eigenvalue weighted by Crippen LogP contribution is -2.46. The lowest BCUT2D eigenvalue weighted by atomic mass is 9.50. The molecule has 350 valence electrons. The second-order valence-electron chi connectivity index (χ2n) is 20.7. The largest absolute Gasteiger partial charge is 0.457 e. The first kappa shape index (κ1) is 42.5. The molecular weight excluding hydrogens is 899 g/mol. The van der Waals surface area contributed by atoms with E-state index in [4.69, 9.17) is 9.15 Å². The van der Waals surface area contributed by atoms with E-state index in [2.05, 4.69) is 274 Å². The Balaban J connectivity index is 0.982. The van der Waals surface area contributed by atoms with Crippen LogP contribution in [-0.4, -0.2) is 0 Å². The Labute approximate surface area is 431 Å². The first-order valence-corrected chi connectivity index (χ1v) is 25.7. The molecule has 1 spiro atoms. The number of hydrogen-bond acceptors (Lipinski definition) is 3. The number of benzene rings is 11. The monoisotopic (exact) mass is 947 g/mol. The molecule has 0 saturated carbocycles. The normalized spacial score (nSPS) is 14.8. The third-order valence-electron chi connectivity index (χ3n) is 16.7. The number of anilines is 3. The lowest BCUT2D eigenvalue weighted by Gasteiger charge is -2.52. The summed E-state index contributed by atoms with van der Waals surface area (Å²) in [5.74, 6) is 1.69. The van der Waals surface area contributed by atoms with Gasteiger partial charge in [-0.15, -0.1) is 0 Å². The van der Waals surface area contributed by atoms with Crippen LogP contribution in [0.4, 0.5) is 17.1 Å². The molecule has 2 heterocycles. The third kappa shape index (κ3) is 5.78. The smallest absolute Gasteiger partial charge is 0.143 e. The van der Waals surface area contributed by atoms with Crippen LogP contribution >= 0.6 is 0 Å². The molecule has 0 N–H and O–H groups in total. The number of furan rings is 1.